The number of nitrogens with zero attached hydrogens (tertiary/aromatic N) is 1. The van der Waals surface area contributed by atoms with E-state index >= 15 is 0 Å². The lowest BCUT2D eigenvalue weighted by molar-refractivity contribution is 0.105. The van der Waals surface area contributed by atoms with Gasteiger partial charge in [0.05, 0.1) is 6.26 Å². The molecule has 2 aromatic rings. The highest BCUT2D eigenvalue weighted by molar-refractivity contribution is 14.0. The van der Waals surface area contributed by atoms with Gasteiger partial charge in [0.15, 0.2) is 5.96 Å². The Bertz CT molecular complexity index is 627. The molecule has 2 N–H and O–H groups in total. The Balaban J connectivity index is 0.00000338. The standard InChI is InChI=1S/C20H29N3O2.HI/c1-16-7-9-18(10-8-16)17(2)14-23-20(21-3)22-11-5-12-24-15-19-6-4-13-25-19;/h4,6-10,13,17H,5,11-12,14-15H2,1-3H3,(H2,21,22,23);1H. The molecule has 5 nitrogen and oxygen atoms in total. The van der Waals surface area contributed by atoms with E-state index in [0.29, 0.717) is 19.1 Å². The van der Waals surface area contributed by atoms with Crippen LogP contribution in [-0.4, -0.2) is 32.7 Å². The third-order valence-corrected chi connectivity index (χ3v) is 4.03. The summed E-state index contributed by atoms with van der Waals surface area (Å²) >= 11 is 0. The summed E-state index contributed by atoms with van der Waals surface area (Å²) in [7, 11) is 1.79. The predicted octanol–water partition coefficient (Wildman–Crippen LogP) is 4.08. The van der Waals surface area contributed by atoms with Crippen molar-refractivity contribution >= 4 is 29.9 Å². The van der Waals surface area contributed by atoms with Crippen molar-refractivity contribution < 1.29 is 9.15 Å². The number of guanidine groups is 1. The van der Waals surface area contributed by atoms with Crippen molar-refractivity contribution in [3.8, 4) is 0 Å². The quantitative estimate of drug-likeness (QED) is 0.251. The van der Waals surface area contributed by atoms with E-state index in [-0.39, 0.29) is 24.0 Å². The first kappa shape index (κ1) is 22.5. The number of halogens is 1. The molecule has 0 aliphatic rings. The average Bonchev–Trinajstić information content (AvgIpc) is 3.14. The second-order valence-corrected chi connectivity index (χ2v) is 6.18. The van der Waals surface area contributed by atoms with Crippen LogP contribution in [0.2, 0.25) is 0 Å². The van der Waals surface area contributed by atoms with Crippen LogP contribution in [0.5, 0.6) is 0 Å². The van der Waals surface area contributed by atoms with Crippen LogP contribution in [0.3, 0.4) is 0 Å². The second kappa shape index (κ2) is 12.8. The van der Waals surface area contributed by atoms with Crippen LogP contribution in [0.25, 0.3) is 0 Å². The first-order valence-electron chi connectivity index (χ1n) is 8.80. The fourth-order valence-corrected chi connectivity index (χ4v) is 2.43. The first-order valence-corrected chi connectivity index (χ1v) is 8.80. The molecule has 26 heavy (non-hydrogen) atoms. The molecule has 0 radical (unpaired) electrons. The zero-order valence-electron chi connectivity index (χ0n) is 15.8. The lowest BCUT2D eigenvalue weighted by Crippen LogP contribution is -2.39. The van der Waals surface area contributed by atoms with Gasteiger partial charge in [0.25, 0.3) is 0 Å². The number of hydrogen-bond donors (Lipinski definition) is 2. The number of furan rings is 1. The zero-order chi connectivity index (χ0) is 17.9. The smallest absolute Gasteiger partial charge is 0.190 e. The number of benzene rings is 1. The number of hydrogen-bond acceptors (Lipinski definition) is 3. The predicted molar refractivity (Wildman–Crippen MR) is 117 cm³/mol. The van der Waals surface area contributed by atoms with Gasteiger partial charge in [-0.3, -0.25) is 4.99 Å². The van der Waals surface area contributed by atoms with Crippen molar-refractivity contribution in [2.45, 2.75) is 32.8 Å². The molecule has 0 spiro atoms. The maximum absolute atomic E-state index is 5.57. The van der Waals surface area contributed by atoms with E-state index in [0.717, 1.165) is 31.2 Å². The van der Waals surface area contributed by atoms with Crippen LogP contribution >= 0.6 is 24.0 Å². The Morgan fingerprint density at radius 1 is 1.19 bits per heavy atom. The molecule has 1 atom stereocenters. The van der Waals surface area contributed by atoms with Crippen molar-refractivity contribution in [1.29, 1.82) is 0 Å². The fourth-order valence-electron chi connectivity index (χ4n) is 2.43. The SMILES string of the molecule is CN=C(NCCCOCc1ccco1)NCC(C)c1ccc(C)cc1.I. The third kappa shape index (κ3) is 8.23. The van der Waals surface area contributed by atoms with Crippen molar-refractivity contribution in [3.05, 3.63) is 59.5 Å². The first-order chi connectivity index (χ1) is 12.2. The average molecular weight is 471 g/mol. The van der Waals surface area contributed by atoms with E-state index in [1.165, 1.54) is 11.1 Å². The summed E-state index contributed by atoms with van der Waals surface area (Å²) in [4.78, 5) is 4.26. The summed E-state index contributed by atoms with van der Waals surface area (Å²) in [5, 5.41) is 6.69. The van der Waals surface area contributed by atoms with Gasteiger partial charge in [-0.05, 0) is 37.0 Å². The second-order valence-electron chi connectivity index (χ2n) is 6.18. The molecule has 1 heterocycles. The van der Waals surface area contributed by atoms with Crippen molar-refractivity contribution in [3.63, 3.8) is 0 Å². The van der Waals surface area contributed by atoms with E-state index in [4.69, 9.17) is 9.15 Å². The number of aliphatic imine (C=N–C) groups is 1. The van der Waals surface area contributed by atoms with Crippen LogP contribution in [0.4, 0.5) is 0 Å². The van der Waals surface area contributed by atoms with Gasteiger partial charge >= 0.3 is 0 Å². The van der Waals surface area contributed by atoms with Gasteiger partial charge in [-0.2, -0.15) is 0 Å². The van der Waals surface area contributed by atoms with Gasteiger partial charge in [0.2, 0.25) is 0 Å². The lowest BCUT2D eigenvalue weighted by Gasteiger charge is -2.16. The van der Waals surface area contributed by atoms with Gasteiger partial charge < -0.3 is 19.8 Å². The van der Waals surface area contributed by atoms with Gasteiger partial charge in [0.1, 0.15) is 12.4 Å². The minimum absolute atomic E-state index is 0. The molecule has 0 amide bonds. The van der Waals surface area contributed by atoms with Crippen molar-refractivity contribution in [1.82, 2.24) is 10.6 Å². The van der Waals surface area contributed by atoms with Crippen LogP contribution in [0, 0.1) is 6.92 Å². The van der Waals surface area contributed by atoms with E-state index in [2.05, 4.69) is 53.7 Å². The highest BCUT2D eigenvalue weighted by Gasteiger charge is 2.06. The molecular formula is C20H30IN3O2. The van der Waals surface area contributed by atoms with Crippen molar-refractivity contribution in [2.24, 2.45) is 4.99 Å². The van der Waals surface area contributed by atoms with Crippen LogP contribution in [0.1, 0.15) is 36.1 Å². The maximum atomic E-state index is 5.57. The molecular weight excluding hydrogens is 441 g/mol. The van der Waals surface area contributed by atoms with Crippen LogP contribution in [0.15, 0.2) is 52.1 Å². The Morgan fingerprint density at radius 2 is 1.96 bits per heavy atom. The maximum Gasteiger partial charge on any atom is 0.190 e. The van der Waals surface area contributed by atoms with Crippen LogP contribution < -0.4 is 10.6 Å². The Kier molecular flexibility index (Phi) is 11.0. The van der Waals surface area contributed by atoms with E-state index in [1.54, 1.807) is 13.3 Å². The molecule has 0 fully saturated rings. The monoisotopic (exact) mass is 471 g/mol. The molecule has 6 heteroatoms. The molecule has 1 aromatic heterocycles. The summed E-state index contributed by atoms with van der Waals surface area (Å²) in [6.45, 7) is 7.19. The topological polar surface area (TPSA) is 58.8 Å². The minimum atomic E-state index is 0. The molecule has 0 aliphatic carbocycles. The fraction of sp³-hybridized carbons (Fsp3) is 0.450. The van der Waals surface area contributed by atoms with E-state index < -0.39 is 0 Å². The van der Waals surface area contributed by atoms with Gasteiger partial charge in [-0.1, -0.05) is 36.8 Å². The summed E-state index contributed by atoms with van der Waals surface area (Å²) < 4.78 is 10.8. The summed E-state index contributed by atoms with van der Waals surface area (Å²) in [6, 6.07) is 12.5. The third-order valence-electron chi connectivity index (χ3n) is 4.03. The summed E-state index contributed by atoms with van der Waals surface area (Å²) in [5.74, 6) is 2.11. The number of rotatable bonds is 9. The molecule has 0 aliphatic heterocycles. The van der Waals surface area contributed by atoms with E-state index in [9.17, 15) is 0 Å². The van der Waals surface area contributed by atoms with Gasteiger partial charge in [-0.25, -0.2) is 0 Å². The summed E-state index contributed by atoms with van der Waals surface area (Å²) in [5.41, 5.74) is 2.62. The van der Waals surface area contributed by atoms with Crippen molar-refractivity contribution in [2.75, 3.05) is 26.7 Å². The number of nitrogens with one attached hydrogen (secondary N) is 2. The molecule has 0 saturated carbocycles. The molecule has 0 bridgehead atoms. The molecule has 0 saturated heterocycles. The van der Waals surface area contributed by atoms with E-state index in [1.807, 2.05) is 12.1 Å². The Hall–Kier alpha value is -1.54. The molecule has 1 unspecified atom stereocenters. The molecule has 2 rings (SSSR count). The summed E-state index contributed by atoms with van der Waals surface area (Å²) in [6.07, 6.45) is 2.57. The minimum Gasteiger partial charge on any atom is -0.467 e. The molecule has 144 valence electrons. The highest BCUT2D eigenvalue weighted by atomic mass is 127. The number of ether oxygens (including phenoxy) is 1. The van der Waals surface area contributed by atoms with Gasteiger partial charge in [0, 0.05) is 26.7 Å². The molecule has 1 aromatic carbocycles. The number of aryl methyl sites for hydroxylation is 1. The van der Waals surface area contributed by atoms with Crippen LogP contribution in [-0.2, 0) is 11.3 Å². The Labute approximate surface area is 173 Å². The zero-order valence-corrected chi connectivity index (χ0v) is 18.2. The normalized spacial score (nSPS) is 12.3. The highest BCUT2D eigenvalue weighted by Crippen LogP contribution is 2.14. The largest absolute Gasteiger partial charge is 0.467 e. The Morgan fingerprint density at radius 3 is 2.62 bits per heavy atom. The van der Waals surface area contributed by atoms with Gasteiger partial charge in [-0.15, -0.1) is 24.0 Å². The lowest BCUT2D eigenvalue weighted by atomic mass is 10.0.